The highest BCUT2D eigenvalue weighted by Gasteiger charge is 2.16. The van der Waals surface area contributed by atoms with Crippen molar-refractivity contribution in [3.8, 4) is 0 Å². The maximum atomic E-state index is 11.4. The van der Waals surface area contributed by atoms with E-state index in [1.54, 1.807) is 5.48 Å². The fraction of sp³-hybridized carbons (Fsp3) is 0.263. The Balaban J connectivity index is 1.80. The number of aryl methyl sites for hydroxylation is 3. The van der Waals surface area contributed by atoms with Crippen molar-refractivity contribution in [2.75, 3.05) is 0 Å². The Morgan fingerprint density at radius 2 is 1.84 bits per heavy atom. The standard InChI is InChI=1S/C19H22N4O2/c20-15(19(24)22-25)10-11-18-21-16-8-4-5-9-17(16)23(18)13-12-14-6-2-1-3-7-14/h1-9,15,25H,10-13,20H2,(H,22,24)/t15-/m0/s1. The first-order chi connectivity index (χ1) is 12.2. The van der Waals surface area contributed by atoms with Crippen molar-refractivity contribution >= 4 is 16.9 Å². The van der Waals surface area contributed by atoms with Crippen LogP contribution >= 0.6 is 0 Å². The number of amides is 1. The van der Waals surface area contributed by atoms with Gasteiger partial charge in [-0.25, -0.2) is 10.5 Å². The first kappa shape index (κ1) is 17.1. The number of para-hydroxylation sites is 2. The lowest BCUT2D eigenvalue weighted by molar-refractivity contribution is -0.130. The van der Waals surface area contributed by atoms with Crippen LogP contribution in [-0.4, -0.2) is 26.7 Å². The van der Waals surface area contributed by atoms with Gasteiger partial charge in [0.15, 0.2) is 0 Å². The van der Waals surface area contributed by atoms with Crippen molar-refractivity contribution in [1.29, 1.82) is 0 Å². The van der Waals surface area contributed by atoms with Crippen LogP contribution in [0.15, 0.2) is 54.6 Å². The smallest absolute Gasteiger partial charge is 0.260 e. The van der Waals surface area contributed by atoms with Gasteiger partial charge >= 0.3 is 0 Å². The van der Waals surface area contributed by atoms with Gasteiger partial charge in [-0.05, 0) is 30.5 Å². The van der Waals surface area contributed by atoms with Gasteiger partial charge in [0, 0.05) is 13.0 Å². The number of nitrogens with zero attached hydrogens (tertiary/aromatic N) is 2. The molecule has 6 heteroatoms. The first-order valence-electron chi connectivity index (χ1n) is 8.36. The van der Waals surface area contributed by atoms with Crippen LogP contribution < -0.4 is 11.2 Å². The topological polar surface area (TPSA) is 93.2 Å². The van der Waals surface area contributed by atoms with E-state index >= 15 is 0 Å². The summed E-state index contributed by atoms with van der Waals surface area (Å²) in [5.74, 6) is 0.324. The number of hydrogen-bond acceptors (Lipinski definition) is 4. The molecule has 0 fully saturated rings. The van der Waals surface area contributed by atoms with Gasteiger partial charge in [0.2, 0.25) is 0 Å². The molecule has 1 aromatic heterocycles. The van der Waals surface area contributed by atoms with Gasteiger partial charge < -0.3 is 10.3 Å². The second kappa shape index (κ2) is 7.92. The van der Waals surface area contributed by atoms with Crippen LogP contribution in [-0.2, 0) is 24.2 Å². The molecule has 0 saturated carbocycles. The van der Waals surface area contributed by atoms with Crippen LogP contribution in [0.5, 0.6) is 0 Å². The number of benzene rings is 2. The SMILES string of the molecule is N[C@@H](CCc1nc2ccccc2n1CCc1ccccc1)C(=O)NO. The number of nitrogens with one attached hydrogen (secondary N) is 1. The van der Waals surface area contributed by atoms with Crippen LogP contribution in [0.2, 0.25) is 0 Å². The van der Waals surface area contributed by atoms with E-state index in [1.165, 1.54) is 5.56 Å². The number of hydroxylamine groups is 1. The fourth-order valence-electron chi connectivity index (χ4n) is 2.95. The van der Waals surface area contributed by atoms with Crippen LogP contribution in [0.3, 0.4) is 0 Å². The summed E-state index contributed by atoms with van der Waals surface area (Å²) in [6, 6.07) is 17.5. The lowest BCUT2D eigenvalue weighted by Crippen LogP contribution is -2.39. The Morgan fingerprint density at radius 1 is 1.12 bits per heavy atom. The van der Waals surface area contributed by atoms with E-state index in [1.807, 2.05) is 36.4 Å². The molecule has 0 aliphatic rings. The molecule has 0 saturated heterocycles. The largest absolute Gasteiger partial charge is 0.328 e. The number of fused-ring (bicyclic) bond motifs is 1. The third-order valence-corrected chi connectivity index (χ3v) is 4.33. The molecule has 130 valence electrons. The van der Waals surface area contributed by atoms with E-state index in [2.05, 4.69) is 22.8 Å². The molecule has 1 atom stereocenters. The minimum atomic E-state index is -0.757. The Bertz CT molecular complexity index is 845. The van der Waals surface area contributed by atoms with Crippen molar-refractivity contribution in [1.82, 2.24) is 15.0 Å². The number of aromatic nitrogens is 2. The van der Waals surface area contributed by atoms with Crippen LogP contribution in [0, 0.1) is 0 Å². The van der Waals surface area contributed by atoms with Crippen molar-refractivity contribution in [2.45, 2.75) is 31.8 Å². The van der Waals surface area contributed by atoms with Crippen LogP contribution in [0.25, 0.3) is 11.0 Å². The molecule has 0 unspecified atom stereocenters. The van der Waals surface area contributed by atoms with E-state index in [4.69, 9.17) is 15.9 Å². The summed E-state index contributed by atoms with van der Waals surface area (Å²) in [5, 5.41) is 8.68. The molecule has 0 aliphatic carbocycles. The number of nitrogens with two attached hydrogens (primary N) is 1. The highest BCUT2D eigenvalue weighted by molar-refractivity contribution is 5.80. The molecule has 4 N–H and O–H groups in total. The maximum absolute atomic E-state index is 11.4. The molecule has 0 bridgehead atoms. The minimum absolute atomic E-state index is 0.418. The molecule has 3 rings (SSSR count). The molecule has 0 aliphatic heterocycles. The van der Waals surface area contributed by atoms with Crippen molar-refractivity contribution in [2.24, 2.45) is 5.73 Å². The molecule has 1 amide bonds. The van der Waals surface area contributed by atoms with Crippen molar-refractivity contribution in [3.05, 3.63) is 66.0 Å². The van der Waals surface area contributed by atoms with E-state index < -0.39 is 11.9 Å². The highest BCUT2D eigenvalue weighted by atomic mass is 16.5. The van der Waals surface area contributed by atoms with Crippen LogP contribution in [0.1, 0.15) is 17.8 Å². The number of imidazole rings is 1. The molecule has 25 heavy (non-hydrogen) atoms. The second-order valence-electron chi connectivity index (χ2n) is 6.03. The van der Waals surface area contributed by atoms with Crippen molar-refractivity contribution in [3.63, 3.8) is 0 Å². The zero-order chi connectivity index (χ0) is 17.6. The lowest BCUT2D eigenvalue weighted by atomic mass is 10.1. The van der Waals surface area contributed by atoms with Gasteiger partial charge in [-0.1, -0.05) is 42.5 Å². The number of rotatable bonds is 7. The van der Waals surface area contributed by atoms with Gasteiger partial charge in [0.1, 0.15) is 5.82 Å². The summed E-state index contributed by atoms with van der Waals surface area (Å²) in [5.41, 5.74) is 10.7. The third kappa shape index (κ3) is 4.04. The third-order valence-electron chi connectivity index (χ3n) is 4.33. The average molecular weight is 338 g/mol. The molecule has 0 spiro atoms. The predicted octanol–water partition coefficient (Wildman–Crippen LogP) is 2.04. The van der Waals surface area contributed by atoms with E-state index in [0.717, 1.165) is 29.8 Å². The summed E-state index contributed by atoms with van der Waals surface area (Å²) < 4.78 is 2.19. The minimum Gasteiger partial charge on any atom is -0.328 e. The zero-order valence-electron chi connectivity index (χ0n) is 13.9. The van der Waals surface area contributed by atoms with Gasteiger partial charge in [-0.2, -0.15) is 0 Å². The normalized spacial score (nSPS) is 12.2. The molecule has 0 radical (unpaired) electrons. The summed E-state index contributed by atoms with van der Waals surface area (Å²) >= 11 is 0. The average Bonchev–Trinajstić information content (AvgIpc) is 3.02. The number of carbonyl (C=O) groups is 1. The Kier molecular flexibility index (Phi) is 5.42. The molecule has 2 aromatic carbocycles. The van der Waals surface area contributed by atoms with Gasteiger partial charge in [-0.15, -0.1) is 0 Å². The van der Waals surface area contributed by atoms with E-state index in [-0.39, 0.29) is 0 Å². The monoisotopic (exact) mass is 338 g/mol. The summed E-state index contributed by atoms with van der Waals surface area (Å²) in [6.45, 7) is 0.807. The van der Waals surface area contributed by atoms with Gasteiger partial charge in [-0.3, -0.25) is 10.0 Å². The molecule has 3 aromatic rings. The molecule has 6 nitrogen and oxygen atoms in total. The highest BCUT2D eigenvalue weighted by Crippen LogP contribution is 2.18. The Morgan fingerprint density at radius 3 is 2.60 bits per heavy atom. The lowest BCUT2D eigenvalue weighted by Gasteiger charge is -2.12. The molecule has 1 heterocycles. The van der Waals surface area contributed by atoms with Crippen LogP contribution in [0.4, 0.5) is 0 Å². The fourth-order valence-corrected chi connectivity index (χ4v) is 2.95. The molecular formula is C19H22N4O2. The first-order valence-corrected chi connectivity index (χ1v) is 8.36. The summed E-state index contributed by atoms with van der Waals surface area (Å²) in [6.07, 6.45) is 1.89. The Hall–Kier alpha value is -2.70. The molecular weight excluding hydrogens is 316 g/mol. The number of hydrogen-bond donors (Lipinski definition) is 3. The van der Waals surface area contributed by atoms with Crippen molar-refractivity contribution < 1.29 is 10.0 Å². The Labute approximate surface area is 146 Å². The second-order valence-corrected chi connectivity index (χ2v) is 6.03. The maximum Gasteiger partial charge on any atom is 0.260 e. The van der Waals surface area contributed by atoms with Gasteiger partial charge in [0.05, 0.1) is 17.1 Å². The van der Waals surface area contributed by atoms with E-state index in [0.29, 0.717) is 12.8 Å². The van der Waals surface area contributed by atoms with Gasteiger partial charge in [0.25, 0.3) is 5.91 Å². The predicted molar refractivity (Wildman–Crippen MR) is 96.1 cm³/mol. The quantitative estimate of drug-likeness (QED) is 0.454. The summed E-state index contributed by atoms with van der Waals surface area (Å²) in [7, 11) is 0. The zero-order valence-corrected chi connectivity index (χ0v) is 13.9. The number of carbonyl (C=O) groups excluding carboxylic acids is 1. The van der Waals surface area contributed by atoms with E-state index in [9.17, 15) is 4.79 Å². The summed E-state index contributed by atoms with van der Waals surface area (Å²) in [4.78, 5) is 16.1.